The minimum Gasteiger partial charge on any atom is -0.384 e. The Morgan fingerprint density at radius 2 is 1.78 bits per heavy atom. The van der Waals surface area contributed by atoms with Gasteiger partial charge in [-0.1, -0.05) is 0 Å². The molecule has 0 radical (unpaired) electrons. The van der Waals surface area contributed by atoms with Crippen LogP contribution in [0.25, 0.3) is 0 Å². The SMILES string of the molecule is COCCN(CCOC)Cc1c(C)nn(C)c1N. The van der Waals surface area contributed by atoms with Gasteiger partial charge in [-0.15, -0.1) is 0 Å². The van der Waals surface area contributed by atoms with Gasteiger partial charge in [0.1, 0.15) is 5.82 Å². The van der Waals surface area contributed by atoms with Crippen LogP contribution in [0.3, 0.4) is 0 Å². The van der Waals surface area contributed by atoms with Crippen molar-refractivity contribution in [1.29, 1.82) is 0 Å². The van der Waals surface area contributed by atoms with Gasteiger partial charge in [-0.25, -0.2) is 0 Å². The molecule has 1 aromatic rings. The molecule has 0 fully saturated rings. The van der Waals surface area contributed by atoms with Crippen LogP contribution in [0.2, 0.25) is 0 Å². The summed E-state index contributed by atoms with van der Waals surface area (Å²) in [5.41, 5.74) is 8.09. The fraction of sp³-hybridized carbons (Fsp3) is 0.750. The Morgan fingerprint density at radius 1 is 1.22 bits per heavy atom. The molecule has 0 atom stereocenters. The maximum Gasteiger partial charge on any atom is 0.126 e. The molecule has 18 heavy (non-hydrogen) atoms. The molecule has 104 valence electrons. The zero-order valence-corrected chi connectivity index (χ0v) is 11.8. The average Bonchev–Trinajstić information content (AvgIpc) is 2.58. The number of aromatic nitrogens is 2. The van der Waals surface area contributed by atoms with Crippen molar-refractivity contribution in [3.63, 3.8) is 0 Å². The van der Waals surface area contributed by atoms with Crippen LogP contribution in [0, 0.1) is 6.92 Å². The van der Waals surface area contributed by atoms with Crippen LogP contribution in [0.15, 0.2) is 0 Å². The summed E-state index contributed by atoms with van der Waals surface area (Å²) in [4.78, 5) is 2.26. The standard InChI is InChI=1S/C12H24N4O2/c1-10-11(12(13)15(2)14-10)9-16(5-7-17-3)6-8-18-4/h5-9,13H2,1-4H3. The molecule has 1 heterocycles. The van der Waals surface area contributed by atoms with Gasteiger partial charge in [-0.3, -0.25) is 9.58 Å². The highest BCUT2D eigenvalue weighted by molar-refractivity contribution is 5.42. The minimum atomic E-state index is 0.697. The van der Waals surface area contributed by atoms with Crippen molar-refractivity contribution in [2.75, 3.05) is 46.3 Å². The lowest BCUT2D eigenvalue weighted by Gasteiger charge is -2.21. The Kier molecular flexibility index (Phi) is 6.11. The first-order chi connectivity index (χ1) is 8.60. The molecule has 0 aliphatic heterocycles. The van der Waals surface area contributed by atoms with Crippen molar-refractivity contribution in [3.05, 3.63) is 11.3 Å². The number of anilines is 1. The first kappa shape index (κ1) is 14.9. The maximum atomic E-state index is 6.02. The van der Waals surface area contributed by atoms with Gasteiger partial charge in [0, 0.05) is 46.5 Å². The number of hydrogen-bond acceptors (Lipinski definition) is 5. The van der Waals surface area contributed by atoms with E-state index in [-0.39, 0.29) is 0 Å². The second-order valence-electron chi connectivity index (χ2n) is 4.33. The summed E-state index contributed by atoms with van der Waals surface area (Å²) in [6, 6.07) is 0. The average molecular weight is 256 g/mol. The number of nitrogens with two attached hydrogens (primary N) is 1. The molecule has 6 nitrogen and oxygen atoms in total. The van der Waals surface area contributed by atoms with E-state index in [1.807, 2.05) is 14.0 Å². The smallest absolute Gasteiger partial charge is 0.126 e. The zero-order valence-electron chi connectivity index (χ0n) is 11.8. The number of aryl methyl sites for hydroxylation is 2. The molecular weight excluding hydrogens is 232 g/mol. The van der Waals surface area contributed by atoms with E-state index < -0.39 is 0 Å². The Balaban J connectivity index is 2.68. The molecule has 1 rings (SSSR count). The first-order valence-electron chi connectivity index (χ1n) is 6.08. The van der Waals surface area contributed by atoms with E-state index >= 15 is 0 Å². The summed E-state index contributed by atoms with van der Waals surface area (Å²) in [6.45, 7) is 5.86. The van der Waals surface area contributed by atoms with Crippen LogP contribution >= 0.6 is 0 Å². The number of methoxy groups -OCH3 is 2. The molecule has 0 spiro atoms. The Hall–Kier alpha value is -1.11. The third kappa shape index (κ3) is 3.97. The van der Waals surface area contributed by atoms with Crippen molar-refractivity contribution >= 4 is 5.82 Å². The van der Waals surface area contributed by atoms with Crippen LogP contribution in [0.4, 0.5) is 5.82 Å². The summed E-state index contributed by atoms with van der Waals surface area (Å²) < 4.78 is 12.0. The highest BCUT2D eigenvalue weighted by atomic mass is 16.5. The minimum absolute atomic E-state index is 0.697. The zero-order chi connectivity index (χ0) is 13.5. The lowest BCUT2D eigenvalue weighted by Crippen LogP contribution is -2.30. The molecule has 0 aliphatic rings. The van der Waals surface area contributed by atoms with Gasteiger partial charge >= 0.3 is 0 Å². The summed E-state index contributed by atoms with van der Waals surface area (Å²) >= 11 is 0. The van der Waals surface area contributed by atoms with Gasteiger partial charge in [-0.2, -0.15) is 5.10 Å². The van der Waals surface area contributed by atoms with Crippen LogP contribution in [0.5, 0.6) is 0 Å². The van der Waals surface area contributed by atoms with Gasteiger partial charge in [-0.05, 0) is 6.92 Å². The summed E-state index contributed by atoms with van der Waals surface area (Å²) in [7, 11) is 5.27. The predicted octanol–water partition coefficient (Wildman–Crippen LogP) is 0.406. The summed E-state index contributed by atoms with van der Waals surface area (Å²) in [5, 5.41) is 4.33. The maximum absolute atomic E-state index is 6.02. The summed E-state index contributed by atoms with van der Waals surface area (Å²) in [6.07, 6.45) is 0. The van der Waals surface area contributed by atoms with Gasteiger partial charge < -0.3 is 15.2 Å². The number of hydrogen-bond donors (Lipinski definition) is 1. The van der Waals surface area contributed by atoms with Crippen molar-refractivity contribution < 1.29 is 9.47 Å². The third-order valence-electron chi connectivity index (χ3n) is 3.00. The molecule has 0 aromatic carbocycles. The number of ether oxygens (including phenoxy) is 2. The molecular formula is C12H24N4O2. The van der Waals surface area contributed by atoms with E-state index in [1.165, 1.54) is 0 Å². The van der Waals surface area contributed by atoms with E-state index in [0.717, 1.165) is 36.7 Å². The fourth-order valence-electron chi connectivity index (χ4n) is 1.85. The lowest BCUT2D eigenvalue weighted by molar-refractivity contribution is 0.110. The van der Waals surface area contributed by atoms with Crippen molar-refractivity contribution in [2.45, 2.75) is 13.5 Å². The molecule has 0 bridgehead atoms. The Labute approximate surface area is 109 Å². The topological polar surface area (TPSA) is 65.5 Å². The van der Waals surface area contributed by atoms with Gasteiger partial charge in [0.2, 0.25) is 0 Å². The van der Waals surface area contributed by atoms with Crippen molar-refractivity contribution in [3.8, 4) is 0 Å². The second-order valence-corrected chi connectivity index (χ2v) is 4.33. The molecule has 1 aromatic heterocycles. The Morgan fingerprint density at radius 3 is 2.17 bits per heavy atom. The fourth-order valence-corrected chi connectivity index (χ4v) is 1.85. The molecule has 0 saturated heterocycles. The van der Waals surface area contributed by atoms with E-state index in [0.29, 0.717) is 13.2 Å². The van der Waals surface area contributed by atoms with Crippen LogP contribution in [-0.4, -0.2) is 55.2 Å². The van der Waals surface area contributed by atoms with Gasteiger partial charge in [0.05, 0.1) is 18.9 Å². The normalized spacial score (nSPS) is 11.4. The molecule has 6 heteroatoms. The summed E-state index contributed by atoms with van der Waals surface area (Å²) in [5.74, 6) is 0.729. The molecule has 0 aliphatic carbocycles. The third-order valence-corrected chi connectivity index (χ3v) is 3.00. The molecule has 0 saturated carbocycles. The van der Waals surface area contributed by atoms with Gasteiger partial charge in [0.25, 0.3) is 0 Å². The Bertz CT molecular complexity index is 357. The van der Waals surface area contributed by atoms with E-state index in [2.05, 4.69) is 10.00 Å². The van der Waals surface area contributed by atoms with E-state index in [9.17, 15) is 0 Å². The second kappa shape index (κ2) is 7.35. The van der Waals surface area contributed by atoms with Gasteiger partial charge in [0.15, 0.2) is 0 Å². The van der Waals surface area contributed by atoms with Crippen LogP contribution < -0.4 is 5.73 Å². The first-order valence-corrected chi connectivity index (χ1v) is 6.08. The number of rotatable bonds is 8. The monoisotopic (exact) mass is 256 g/mol. The highest BCUT2D eigenvalue weighted by Gasteiger charge is 2.14. The van der Waals surface area contributed by atoms with Crippen LogP contribution in [0.1, 0.15) is 11.3 Å². The predicted molar refractivity (Wildman–Crippen MR) is 71.4 cm³/mol. The number of nitrogens with zero attached hydrogens (tertiary/aromatic N) is 3. The molecule has 2 N–H and O–H groups in total. The molecule has 0 unspecified atom stereocenters. The highest BCUT2D eigenvalue weighted by Crippen LogP contribution is 2.17. The van der Waals surface area contributed by atoms with Crippen molar-refractivity contribution in [1.82, 2.24) is 14.7 Å². The van der Waals surface area contributed by atoms with Crippen molar-refractivity contribution in [2.24, 2.45) is 7.05 Å². The van der Waals surface area contributed by atoms with E-state index in [1.54, 1.807) is 18.9 Å². The largest absolute Gasteiger partial charge is 0.384 e. The quantitative estimate of drug-likeness (QED) is 0.729. The van der Waals surface area contributed by atoms with E-state index in [4.69, 9.17) is 15.2 Å². The molecule has 0 amide bonds. The number of nitrogen functional groups attached to an aromatic ring is 1. The lowest BCUT2D eigenvalue weighted by atomic mass is 10.2. The van der Waals surface area contributed by atoms with Crippen LogP contribution in [-0.2, 0) is 23.1 Å².